The average Bonchev–Trinajstić information content (AvgIpc) is 2.89. The predicted octanol–water partition coefficient (Wildman–Crippen LogP) is 0.653. The van der Waals surface area contributed by atoms with Crippen molar-refractivity contribution >= 4 is 11.8 Å². The number of ketones is 1. The quantitative estimate of drug-likeness (QED) is 0.549. The Balaban J connectivity index is 1.76. The van der Waals surface area contributed by atoms with Crippen molar-refractivity contribution in [2.45, 2.75) is 70.6 Å². The number of aliphatic hydroxyl groups is 3. The lowest BCUT2D eigenvalue weighted by Gasteiger charge is -2.74. The molecule has 10 atom stereocenters. The zero-order valence-electron chi connectivity index (χ0n) is 18.7. The van der Waals surface area contributed by atoms with Crippen LogP contribution in [0, 0.1) is 39.9 Å². The first-order chi connectivity index (χ1) is 14.5. The fourth-order valence-corrected chi connectivity index (χ4v) is 8.76. The summed E-state index contributed by atoms with van der Waals surface area (Å²) in [6.07, 6.45) is -0.835. The molecule has 8 heteroatoms. The van der Waals surface area contributed by atoms with Crippen molar-refractivity contribution < 1.29 is 39.1 Å². The lowest BCUT2D eigenvalue weighted by Crippen LogP contribution is -2.85. The van der Waals surface area contributed by atoms with Crippen LogP contribution in [0.3, 0.4) is 0 Å². The standard InChI is InChI=1S/C23H34O8/c1-11(24)31-14-7-12-8-22(18(26)13(12)9-29-4)16(14)21-10-30-23(22,28)19(27)17(21)20(2,3)6-5-15(21)25/h12-17,19,25,27-28H,5-10H2,1-4H3/t12-,13-,14+,15+,16+,17-,19+,21+,22+,23-/m1/s1. The summed E-state index contributed by atoms with van der Waals surface area (Å²) in [5.41, 5.74) is -2.83. The van der Waals surface area contributed by atoms with Crippen LogP contribution in [0.5, 0.6) is 0 Å². The number of ether oxygens (including phenoxy) is 3. The molecule has 0 unspecified atom stereocenters. The number of esters is 1. The molecule has 0 aromatic heterocycles. The zero-order chi connectivity index (χ0) is 22.6. The number of Topliss-reactive ketones (excluding diaryl/α,β-unsaturated/α-hetero) is 1. The molecule has 2 spiro atoms. The van der Waals surface area contributed by atoms with Crippen LogP contribution in [-0.4, -0.2) is 71.5 Å². The van der Waals surface area contributed by atoms with Crippen LogP contribution in [0.25, 0.3) is 0 Å². The maximum Gasteiger partial charge on any atom is 0.302 e. The number of aliphatic hydroxyl groups excluding tert-OH is 2. The molecule has 6 rings (SSSR count). The number of carbonyl (C=O) groups is 2. The first kappa shape index (κ1) is 21.8. The van der Waals surface area contributed by atoms with E-state index in [0.29, 0.717) is 25.7 Å². The Hall–Kier alpha value is -1.06. The third kappa shape index (κ3) is 2.33. The van der Waals surface area contributed by atoms with Crippen molar-refractivity contribution in [3.05, 3.63) is 0 Å². The molecule has 4 aliphatic carbocycles. The monoisotopic (exact) mass is 438 g/mol. The molecule has 0 amide bonds. The molecule has 4 saturated carbocycles. The van der Waals surface area contributed by atoms with Gasteiger partial charge < -0.3 is 29.5 Å². The van der Waals surface area contributed by atoms with E-state index in [1.165, 1.54) is 14.0 Å². The zero-order valence-corrected chi connectivity index (χ0v) is 18.7. The van der Waals surface area contributed by atoms with Gasteiger partial charge >= 0.3 is 5.97 Å². The highest BCUT2D eigenvalue weighted by atomic mass is 16.6. The molecule has 6 aliphatic rings. The molecule has 2 aliphatic heterocycles. The number of carbonyl (C=O) groups excluding carboxylic acids is 2. The molecule has 2 saturated heterocycles. The maximum atomic E-state index is 14.0. The van der Waals surface area contributed by atoms with E-state index >= 15 is 0 Å². The van der Waals surface area contributed by atoms with Crippen LogP contribution in [0.2, 0.25) is 0 Å². The van der Waals surface area contributed by atoms with Crippen LogP contribution in [-0.2, 0) is 23.8 Å². The summed E-state index contributed by atoms with van der Waals surface area (Å²) >= 11 is 0. The van der Waals surface area contributed by atoms with Crippen molar-refractivity contribution in [3.63, 3.8) is 0 Å². The summed E-state index contributed by atoms with van der Waals surface area (Å²) in [5.74, 6) is -4.50. The van der Waals surface area contributed by atoms with E-state index in [1.54, 1.807) is 0 Å². The van der Waals surface area contributed by atoms with Gasteiger partial charge in [0.05, 0.1) is 24.7 Å². The molecule has 3 N–H and O–H groups in total. The second kappa shape index (κ2) is 6.50. The van der Waals surface area contributed by atoms with Crippen LogP contribution < -0.4 is 0 Å². The predicted molar refractivity (Wildman–Crippen MR) is 106 cm³/mol. The molecule has 2 heterocycles. The van der Waals surface area contributed by atoms with Gasteiger partial charge in [-0.05, 0) is 37.0 Å². The normalized spacial score (nSPS) is 54.3. The molecule has 0 aromatic rings. The Labute approximate surface area is 182 Å². The van der Waals surface area contributed by atoms with Gasteiger partial charge in [0.15, 0.2) is 5.78 Å². The number of rotatable bonds is 3. The van der Waals surface area contributed by atoms with E-state index in [-0.39, 0.29) is 24.9 Å². The van der Waals surface area contributed by atoms with E-state index < -0.39 is 64.1 Å². The molecule has 174 valence electrons. The van der Waals surface area contributed by atoms with E-state index in [9.17, 15) is 24.9 Å². The molecular formula is C23H34O8. The smallest absolute Gasteiger partial charge is 0.302 e. The minimum atomic E-state index is -2.09. The molecule has 4 bridgehead atoms. The highest BCUT2D eigenvalue weighted by Crippen LogP contribution is 2.76. The molecule has 0 radical (unpaired) electrons. The Morgan fingerprint density at radius 1 is 1.26 bits per heavy atom. The first-order valence-corrected chi connectivity index (χ1v) is 11.4. The van der Waals surface area contributed by atoms with Gasteiger partial charge in [-0.2, -0.15) is 0 Å². The van der Waals surface area contributed by atoms with Gasteiger partial charge in [0.25, 0.3) is 0 Å². The third-order valence-corrected chi connectivity index (χ3v) is 9.61. The summed E-state index contributed by atoms with van der Waals surface area (Å²) in [5, 5.41) is 35.0. The maximum absolute atomic E-state index is 14.0. The van der Waals surface area contributed by atoms with Crippen molar-refractivity contribution in [2.24, 2.45) is 39.9 Å². The number of fused-ring (bicyclic) bond motifs is 2. The molecule has 31 heavy (non-hydrogen) atoms. The van der Waals surface area contributed by atoms with Gasteiger partial charge in [-0.15, -0.1) is 0 Å². The highest BCUT2D eigenvalue weighted by molar-refractivity contribution is 5.92. The van der Waals surface area contributed by atoms with Gasteiger partial charge in [0, 0.05) is 37.2 Å². The number of hydrogen-bond donors (Lipinski definition) is 3. The van der Waals surface area contributed by atoms with E-state index in [0.717, 1.165) is 0 Å². The van der Waals surface area contributed by atoms with Gasteiger partial charge in [-0.3, -0.25) is 9.59 Å². The summed E-state index contributed by atoms with van der Waals surface area (Å²) in [6, 6.07) is 0. The lowest BCUT2D eigenvalue weighted by molar-refractivity contribution is -0.455. The van der Waals surface area contributed by atoms with E-state index in [1.807, 2.05) is 13.8 Å². The van der Waals surface area contributed by atoms with Crippen LogP contribution in [0.1, 0.15) is 46.5 Å². The van der Waals surface area contributed by atoms with Crippen molar-refractivity contribution in [2.75, 3.05) is 20.3 Å². The largest absolute Gasteiger partial charge is 0.462 e. The fourth-order valence-electron chi connectivity index (χ4n) is 8.76. The Morgan fingerprint density at radius 2 is 1.97 bits per heavy atom. The summed E-state index contributed by atoms with van der Waals surface area (Å²) in [7, 11) is 1.53. The first-order valence-electron chi connectivity index (χ1n) is 11.4. The second-order valence-corrected chi connectivity index (χ2v) is 11.3. The van der Waals surface area contributed by atoms with Crippen molar-refractivity contribution in [1.82, 2.24) is 0 Å². The molecule has 8 nitrogen and oxygen atoms in total. The summed E-state index contributed by atoms with van der Waals surface area (Å²) in [6.45, 7) is 5.62. The van der Waals surface area contributed by atoms with Gasteiger partial charge in [0.2, 0.25) is 5.79 Å². The number of methoxy groups -OCH3 is 1. The average molecular weight is 439 g/mol. The molecule has 6 fully saturated rings. The van der Waals surface area contributed by atoms with E-state index in [4.69, 9.17) is 14.2 Å². The van der Waals surface area contributed by atoms with Crippen molar-refractivity contribution in [1.29, 1.82) is 0 Å². The number of hydrogen-bond acceptors (Lipinski definition) is 8. The summed E-state index contributed by atoms with van der Waals surface area (Å²) < 4.78 is 17.1. The van der Waals surface area contributed by atoms with Crippen LogP contribution in [0.15, 0.2) is 0 Å². The molecular weight excluding hydrogens is 404 g/mol. The lowest BCUT2D eigenvalue weighted by atomic mass is 9.35. The Bertz CT molecular complexity index is 811. The second-order valence-electron chi connectivity index (χ2n) is 11.3. The SMILES string of the molecule is COC[C@H]1C(=O)[C@]23C[C@H]1C[C@H](OC(C)=O)[C@H]2[C@@]12CO[C@]3(O)[C@@H](O)[C@@H]1C(C)(C)CC[C@@H]2O. The van der Waals surface area contributed by atoms with Crippen LogP contribution >= 0.6 is 0 Å². The molecule has 0 aromatic carbocycles. The third-order valence-electron chi connectivity index (χ3n) is 9.61. The van der Waals surface area contributed by atoms with E-state index in [2.05, 4.69) is 0 Å². The van der Waals surface area contributed by atoms with Gasteiger partial charge in [-0.25, -0.2) is 0 Å². The Morgan fingerprint density at radius 3 is 2.61 bits per heavy atom. The topological polar surface area (TPSA) is 123 Å². The van der Waals surface area contributed by atoms with Gasteiger partial charge in [-0.1, -0.05) is 13.8 Å². The van der Waals surface area contributed by atoms with Crippen molar-refractivity contribution in [3.8, 4) is 0 Å². The Kier molecular flexibility index (Phi) is 4.57. The minimum absolute atomic E-state index is 0.0207. The highest BCUT2D eigenvalue weighted by Gasteiger charge is 2.86. The summed E-state index contributed by atoms with van der Waals surface area (Å²) in [4.78, 5) is 26.1. The fraction of sp³-hybridized carbons (Fsp3) is 0.913. The van der Waals surface area contributed by atoms with Gasteiger partial charge in [0.1, 0.15) is 12.2 Å². The minimum Gasteiger partial charge on any atom is -0.462 e. The van der Waals surface area contributed by atoms with Crippen LogP contribution in [0.4, 0.5) is 0 Å².